The molecule has 1 aliphatic carbocycles. The lowest BCUT2D eigenvalue weighted by Crippen LogP contribution is -2.32. The van der Waals surface area contributed by atoms with E-state index in [-0.39, 0.29) is 0 Å². The molecule has 0 heterocycles. The summed E-state index contributed by atoms with van der Waals surface area (Å²) < 4.78 is 0. The molecule has 2 N–H and O–H groups in total. The van der Waals surface area contributed by atoms with Gasteiger partial charge in [-0.2, -0.15) is 0 Å². The van der Waals surface area contributed by atoms with Crippen molar-refractivity contribution in [3.05, 3.63) is 48.0 Å². The van der Waals surface area contributed by atoms with Gasteiger partial charge in [0.15, 0.2) is 0 Å². The van der Waals surface area contributed by atoms with Gasteiger partial charge in [0.2, 0.25) is 0 Å². The number of nitrogens with zero attached hydrogens (tertiary/aromatic N) is 1. The molecule has 2 aromatic rings. The molecule has 1 aliphatic rings. The third-order valence-corrected chi connectivity index (χ3v) is 4.00. The van der Waals surface area contributed by atoms with E-state index in [2.05, 4.69) is 54.4 Å². The summed E-state index contributed by atoms with van der Waals surface area (Å²) >= 11 is 0. The Morgan fingerprint density at radius 2 is 1.89 bits per heavy atom. The number of benzene rings is 2. The Morgan fingerprint density at radius 1 is 1.17 bits per heavy atom. The second-order valence-electron chi connectivity index (χ2n) is 5.25. The first-order chi connectivity index (χ1) is 8.79. The van der Waals surface area contributed by atoms with E-state index >= 15 is 0 Å². The second-order valence-corrected chi connectivity index (χ2v) is 5.25. The minimum atomic E-state index is 0.349. The zero-order valence-corrected chi connectivity index (χ0v) is 10.8. The van der Waals surface area contributed by atoms with Crippen LogP contribution in [-0.2, 0) is 0 Å². The van der Waals surface area contributed by atoms with Crippen LogP contribution < -0.4 is 5.73 Å². The van der Waals surface area contributed by atoms with E-state index in [0.29, 0.717) is 12.6 Å². The molecule has 0 radical (unpaired) electrons. The van der Waals surface area contributed by atoms with Crippen molar-refractivity contribution in [2.45, 2.75) is 24.9 Å². The lowest BCUT2D eigenvalue weighted by Gasteiger charge is -2.27. The highest BCUT2D eigenvalue weighted by atomic mass is 15.2. The topological polar surface area (TPSA) is 29.3 Å². The molecule has 0 aliphatic heterocycles. The fraction of sp³-hybridized carbons (Fsp3) is 0.375. The van der Waals surface area contributed by atoms with Crippen LogP contribution in [0.5, 0.6) is 0 Å². The first-order valence-electron chi connectivity index (χ1n) is 6.70. The zero-order chi connectivity index (χ0) is 12.5. The summed E-state index contributed by atoms with van der Waals surface area (Å²) in [4.78, 5) is 2.43. The second kappa shape index (κ2) is 4.71. The van der Waals surface area contributed by atoms with Crippen LogP contribution in [-0.4, -0.2) is 24.5 Å². The zero-order valence-electron chi connectivity index (χ0n) is 10.8. The van der Waals surface area contributed by atoms with Gasteiger partial charge in [-0.25, -0.2) is 0 Å². The normalized spacial score (nSPS) is 17.3. The molecule has 1 saturated carbocycles. The molecule has 3 rings (SSSR count). The van der Waals surface area contributed by atoms with Crippen molar-refractivity contribution in [1.29, 1.82) is 0 Å². The molecule has 0 bridgehead atoms. The molecule has 1 atom stereocenters. The Kier molecular flexibility index (Phi) is 3.06. The Bertz CT molecular complexity index is 546. The molecule has 0 spiro atoms. The van der Waals surface area contributed by atoms with Gasteiger partial charge in [-0.1, -0.05) is 36.4 Å². The van der Waals surface area contributed by atoms with Gasteiger partial charge in [0.05, 0.1) is 0 Å². The monoisotopic (exact) mass is 240 g/mol. The number of fused-ring (bicyclic) bond motifs is 1. The Labute approximate surface area is 108 Å². The number of hydrogen-bond donors (Lipinski definition) is 1. The quantitative estimate of drug-likeness (QED) is 0.890. The van der Waals surface area contributed by atoms with E-state index in [0.717, 1.165) is 6.04 Å². The molecule has 18 heavy (non-hydrogen) atoms. The highest BCUT2D eigenvalue weighted by Gasteiger charge is 2.31. The minimum absolute atomic E-state index is 0.349. The van der Waals surface area contributed by atoms with Gasteiger partial charge in [0.1, 0.15) is 0 Å². The standard InChI is InChI=1S/C16H20N2/c1-18(15-8-9-15)16(11-17)14-7-6-12-4-2-3-5-13(12)10-14/h2-7,10,15-16H,8-9,11,17H2,1H3. The third-order valence-electron chi connectivity index (χ3n) is 4.00. The molecule has 2 nitrogen and oxygen atoms in total. The van der Waals surface area contributed by atoms with Gasteiger partial charge >= 0.3 is 0 Å². The summed E-state index contributed by atoms with van der Waals surface area (Å²) in [5.41, 5.74) is 7.31. The van der Waals surface area contributed by atoms with Crippen LogP contribution in [0.15, 0.2) is 42.5 Å². The molecule has 0 aromatic heterocycles. The van der Waals surface area contributed by atoms with Crippen LogP contribution in [0.2, 0.25) is 0 Å². The van der Waals surface area contributed by atoms with Crippen molar-refractivity contribution < 1.29 is 0 Å². The van der Waals surface area contributed by atoms with E-state index < -0.39 is 0 Å². The van der Waals surface area contributed by atoms with Crippen LogP contribution in [0.4, 0.5) is 0 Å². The van der Waals surface area contributed by atoms with E-state index in [1.165, 1.54) is 29.2 Å². The average Bonchev–Trinajstić information content (AvgIpc) is 3.23. The predicted octanol–water partition coefficient (Wildman–Crippen LogP) is 2.93. The molecule has 94 valence electrons. The van der Waals surface area contributed by atoms with E-state index in [9.17, 15) is 0 Å². The Hall–Kier alpha value is -1.38. The molecular weight excluding hydrogens is 220 g/mol. The summed E-state index contributed by atoms with van der Waals surface area (Å²) in [7, 11) is 2.20. The van der Waals surface area contributed by atoms with Crippen molar-refractivity contribution in [2.75, 3.05) is 13.6 Å². The summed E-state index contributed by atoms with van der Waals surface area (Å²) in [6, 6.07) is 16.3. The fourth-order valence-corrected chi connectivity index (χ4v) is 2.69. The maximum atomic E-state index is 5.97. The first-order valence-corrected chi connectivity index (χ1v) is 6.70. The number of rotatable bonds is 4. The lowest BCUT2D eigenvalue weighted by atomic mass is 10.0. The van der Waals surface area contributed by atoms with Crippen molar-refractivity contribution >= 4 is 10.8 Å². The molecule has 2 heteroatoms. The Balaban J connectivity index is 1.95. The summed E-state index contributed by atoms with van der Waals surface area (Å²) in [6.45, 7) is 0.686. The van der Waals surface area contributed by atoms with Crippen molar-refractivity contribution in [3.63, 3.8) is 0 Å². The maximum absolute atomic E-state index is 5.97. The highest BCUT2D eigenvalue weighted by Crippen LogP contribution is 2.33. The van der Waals surface area contributed by atoms with Crippen LogP contribution in [0.25, 0.3) is 10.8 Å². The van der Waals surface area contributed by atoms with Crippen LogP contribution in [0, 0.1) is 0 Å². The minimum Gasteiger partial charge on any atom is -0.329 e. The summed E-state index contributed by atoms with van der Waals surface area (Å²) in [6.07, 6.45) is 2.64. The SMILES string of the molecule is CN(C1CC1)C(CN)c1ccc2ccccc2c1. The van der Waals surface area contributed by atoms with Crippen molar-refractivity contribution in [3.8, 4) is 0 Å². The number of hydrogen-bond acceptors (Lipinski definition) is 2. The van der Waals surface area contributed by atoms with Crippen LogP contribution >= 0.6 is 0 Å². The third kappa shape index (κ3) is 2.14. The summed E-state index contributed by atoms with van der Waals surface area (Å²) in [5.74, 6) is 0. The van der Waals surface area contributed by atoms with Gasteiger partial charge in [-0.05, 0) is 42.3 Å². The van der Waals surface area contributed by atoms with Crippen LogP contribution in [0.3, 0.4) is 0 Å². The fourth-order valence-electron chi connectivity index (χ4n) is 2.69. The lowest BCUT2D eigenvalue weighted by molar-refractivity contribution is 0.240. The predicted molar refractivity (Wildman–Crippen MR) is 76.5 cm³/mol. The Morgan fingerprint density at radius 3 is 2.56 bits per heavy atom. The van der Waals surface area contributed by atoms with E-state index in [1.807, 2.05) is 0 Å². The number of likely N-dealkylation sites (N-methyl/N-ethyl adjacent to an activating group) is 1. The van der Waals surface area contributed by atoms with Crippen molar-refractivity contribution in [1.82, 2.24) is 4.90 Å². The van der Waals surface area contributed by atoms with Gasteiger partial charge in [0.25, 0.3) is 0 Å². The average molecular weight is 240 g/mol. The molecule has 1 fully saturated rings. The summed E-state index contributed by atoms with van der Waals surface area (Å²) in [5, 5.41) is 2.60. The highest BCUT2D eigenvalue weighted by molar-refractivity contribution is 5.83. The molecule has 1 unspecified atom stereocenters. The number of nitrogens with two attached hydrogens (primary N) is 1. The molecule has 2 aromatic carbocycles. The van der Waals surface area contributed by atoms with E-state index in [1.54, 1.807) is 0 Å². The van der Waals surface area contributed by atoms with Gasteiger partial charge in [-0.3, -0.25) is 4.90 Å². The van der Waals surface area contributed by atoms with E-state index in [4.69, 9.17) is 5.73 Å². The first kappa shape index (κ1) is 11.7. The van der Waals surface area contributed by atoms with Crippen LogP contribution in [0.1, 0.15) is 24.4 Å². The van der Waals surface area contributed by atoms with Crippen molar-refractivity contribution in [2.24, 2.45) is 5.73 Å². The molecular formula is C16H20N2. The molecule has 0 amide bonds. The van der Waals surface area contributed by atoms with Gasteiger partial charge < -0.3 is 5.73 Å². The molecule has 0 saturated heterocycles. The smallest absolute Gasteiger partial charge is 0.0470 e. The van der Waals surface area contributed by atoms with Gasteiger partial charge in [-0.15, -0.1) is 0 Å². The maximum Gasteiger partial charge on any atom is 0.0470 e. The van der Waals surface area contributed by atoms with Gasteiger partial charge in [0, 0.05) is 18.6 Å². The largest absolute Gasteiger partial charge is 0.329 e.